The molecule has 9 nitrogen and oxygen atoms in total. The molecule has 1 aliphatic heterocycles. The lowest BCUT2D eigenvalue weighted by atomic mass is 9.96. The van der Waals surface area contributed by atoms with Crippen molar-refractivity contribution in [3.63, 3.8) is 0 Å². The van der Waals surface area contributed by atoms with Crippen LogP contribution in [0.4, 0.5) is 11.4 Å². The van der Waals surface area contributed by atoms with Crippen LogP contribution in [0, 0.1) is 16.0 Å². The van der Waals surface area contributed by atoms with Gasteiger partial charge in [0.15, 0.2) is 0 Å². The smallest absolute Gasteiger partial charge is 0.293 e. The fraction of sp³-hybridized carbons (Fsp3) is 0.500. The zero-order valence-corrected chi connectivity index (χ0v) is 14.1. The number of nitro benzene ring substituents is 1. The molecular formula is C14H20N4O5S. The highest BCUT2D eigenvalue weighted by Crippen LogP contribution is 2.28. The van der Waals surface area contributed by atoms with Crippen LogP contribution in [0.3, 0.4) is 0 Å². The number of nitrogens with one attached hydrogen (secondary N) is 1. The molecule has 0 spiro atoms. The molecule has 1 fully saturated rings. The highest BCUT2D eigenvalue weighted by molar-refractivity contribution is 7.89. The third kappa shape index (κ3) is 4.42. The summed E-state index contributed by atoms with van der Waals surface area (Å²) < 4.78 is 22.6. The average molecular weight is 356 g/mol. The summed E-state index contributed by atoms with van der Waals surface area (Å²) in [6, 6.07) is 3.54. The second-order valence-corrected chi connectivity index (χ2v) is 7.37. The van der Waals surface area contributed by atoms with Gasteiger partial charge < -0.3 is 10.2 Å². The van der Waals surface area contributed by atoms with Gasteiger partial charge in [0.25, 0.3) is 5.69 Å². The standard InChI is InChI=1S/C14H20N4O5S/c1-10(19)17-6-4-11(5-7-17)9-16-13-3-2-12(24(15,22)23)8-14(13)18(20)21/h2-3,8,11,16H,4-7,9H2,1H3,(H2,15,22,23). The first kappa shape index (κ1) is 18.1. The number of carbonyl (C=O) groups excluding carboxylic acids is 1. The molecule has 0 radical (unpaired) electrons. The van der Waals surface area contributed by atoms with Crippen molar-refractivity contribution < 1.29 is 18.1 Å². The van der Waals surface area contributed by atoms with E-state index in [4.69, 9.17) is 5.14 Å². The Balaban J connectivity index is 2.05. The number of primary sulfonamides is 1. The Morgan fingerprint density at radius 2 is 2.04 bits per heavy atom. The molecule has 2 rings (SSSR count). The van der Waals surface area contributed by atoms with Gasteiger partial charge in [0.2, 0.25) is 15.9 Å². The van der Waals surface area contributed by atoms with Gasteiger partial charge in [0.1, 0.15) is 5.69 Å². The number of nitrogens with zero attached hydrogens (tertiary/aromatic N) is 2. The van der Waals surface area contributed by atoms with Crippen molar-refractivity contribution in [2.45, 2.75) is 24.7 Å². The number of piperidine rings is 1. The van der Waals surface area contributed by atoms with Gasteiger partial charge in [-0.1, -0.05) is 0 Å². The van der Waals surface area contributed by atoms with E-state index in [1.165, 1.54) is 19.1 Å². The van der Waals surface area contributed by atoms with Crippen molar-refractivity contribution >= 4 is 27.3 Å². The summed E-state index contributed by atoms with van der Waals surface area (Å²) in [6.07, 6.45) is 1.63. The number of likely N-dealkylation sites (tertiary alicyclic amines) is 1. The molecule has 0 atom stereocenters. The second kappa shape index (κ2) is 7.14. The molecule has 0 aliphatic carbocycles. The van der Waals surface area contributed by atoms with Gasteiger partial charge in [-0.3, -0.25) is 14.9 Å². The minimum atomic E-state index is -3.99. The minimum Gasteiger partial charge on any atom is -0.379 e. The number of amides is 1. The molecule has 0 unspecified atom stereocenters. The average Bonchev–Trinajstić information content (AvgIpc) is 2.52. The van der Waals surface area contributed by atoms with Crippen molar-refractivity contribution in [1.29, 1.82) is 0 Å². The molecule has 3 N–H and O–H groups in total. The third-order valence-corrected chi connectivity index (χ3v) is 5.05. The number of carbonyl (C=O) groups is 1. The largest absolute Gasteiger partial charge is 0.379 e. The normalized spacial score (nSPS) is 16.0. The van der Waals surface area contributed by atoms with Gasteiger partial charge in [-0.2, -0.15) is 0 Å². The Labute approximate surface area is 140 Å². The highest BCUT2D eigenvalue weighted by atomic mass is 32.2. The summed E-state index contributed by atoms with van der Waals surface area (Å²) >= 11 is 0. The van der Waals surface area contributed by atoms with Crippen LogP contribution in [0.1, 0.15) is 19.8 Å². The summed E-state index contributed by atoms with van der Waals surface area (Å²) in [7, 11) is -3.99. The Bertz CT molecular complexity index is 742. The van der Waals surface area contributed by atoms with Crippen molar-refractivity contribution in [2.24, 2.45) is 11.1 Å². The van der Waals surface area contributed by atoms with Crippen LogP contribution in [0.5, 0.6) is 0 Å². The number of nitrogens with two attached hydrogens (primary N) is 1. The van der Waals surface area contributed by atoms with E-state index in [2.05, 4.69) is 5.32 Å². The number of nitro groups is 1. The number of rotatable bonds is 5. The van der Waals surface area contributed by atoms with E-state index < -0.39 is 14.9 Å². The van der Waals surface area contributed by atoms with Gasteiger partial charge in [-0.15, -0.1) is 0 Å². The Morgan fingerprint density at radius 1 is 1.42 bits per heavy atom. The fourth-order valence-electron chi connectivity index (χ4n) is 2.70. The van der Waals surface area contributed by atoms with Crippen molar-refractivity contribution in [2.75, 3.05) is 25.0 Å². The lowest BCUT2D eigenvalue weighted by Gasteiger charge is -2.31. The molecule has 1 amide bonds. The minimum absolute atomic E-state index is 0.0515. The van der Waals surface area contributed by atoms with Crippen molar-refractivity contribution in [3.05, 3.63) is 28.3 Å². The van der Waals surface area contributed by atoms with Gasteiger partial charge in [-0.05, 0) is 30.9 Å². The van der Waals surface area contributed by atoms with Crippen LogP contribution >= 0.6 is 0 Å². The van der Waals surface area contributed by atoms with Crippen LogP contribution in [-0.2, 0) is 14.8 Å². The van der Waals surface area contributed by atoms with Crippen LogP contribution in [-0.4, -0.2) is 43.8 Å². The summed E-state index contributed by atoms with van der Waals surface area (Å²) in [4.78, 5) is 23.3. The maximum absolute atomic E-state index is 11.3. The van der Waals surface area contributed by atoms with E-state index in [9.17, 15) is 23.3 Å². The maximum Gasteiger partial charge on any atom is 0.293 e. The first-order chi connectivity index (χ1) is 11.2. The quantitative estimate of drug-likeness (QED) is 0.594. The number of anilines is 1. The molecule has 132 valence electrons. The van der Waals surface area contributed by atoms with E-state index in [1.807, 2.05) is 0 Å². The Morgan fingerprint density at radius 3 is 2.54 bits per heavy atom. The summed E-state index contributed by atoms with van der Waals surface area (Å²) in [5.41, 5.74) is -0.0795. The van der Waals surface area contributed by atoms with Crippen LogP contribution < -0.4 is 10.5 Å². The highest BCUT2D eigenvalue weighted by Gasteiger charge is 2.23. The molecule has 24 heavy (non-hydrogen) atoms. The van der Waals surface area contributed by atoms with Crippen LogP contribution in [0.15, 0.2) is 23.1 Å². The van der Waals surface area contributed by atoms with Gasteiger partial charge >= 0.3 is 0 Å². The summed E-state index contributed by atoms with van der Waals surface area (Å²) in [5.74, 6) is 0.341. The molecule has 1 heterocycles. The Kier molecular flexibility index (Phi) is 5.40. The van der Waals surface area contributed by atoms with Crippen molar-refractivity contribution in [1.82, 2.24) is 4.90 Å². The molecular weight excluding hydrogens is 336 g/mol. The molecule has 1 saturated heterocycles. The van der Waals surface area contributed by atoms with E-state index >= 15 is 0 Å². The molecule has 1 aliphatic rings. The lowest BCUT2D eigenvalue weighted by molar-refractivity contribution is -0.384. The maximum atomic E-state index is 11.3. The SMILES string of the molecule is CC(=O)N1CCC(CNc2ccc(S(N)(=O)=O)cc2[N+](=O)[O-])CC1. The first-order valence-corrected chi connectivity index (χ1v) is 9.03. The molecule has 0 aromatic heterocycles. The van der Waals surface area contributed by atoms with Gasteiger partial charge in [0.05, 0.1) is 9.82 Å². The van der Waals surface area contributed by atoms with E-state index in [-0.39, 0.29) is 28.1 Å². The second-order valence-electron chi connectivity index (χ2n) is 5.81. The van der Waals surface area contributed by atoms with E-state index in [0.29, 0.717) is 19.6 Å². The zero-order valence-electron chi connectivity index (χ0n) is 13.3. The monoisotopic (exact) mass is 356 g/mol. The molecule has 1 aromatic rings. The molecule has 0 saturated carbocycles. The number of hydrogen-bond acceptors (Lipinski definition) is 6. The molecule has 10 heteroatoms. The van der Waals surface area contributed by atoms with Crippen LogP contribution in [0.25, 0.3) is 0 Å². The lowest BCUT2D eigenvalue weighted by Crippen LogP contribution is -2.38. The zero-order chi connectivity index (χ0) is 17.9. The van der Waals surface area contributed by atoms with E-state index in [1.54, 1.807) is 4.90 Å². The number of sulfonamides is 1. The van der Waals surface area contributed by atoms with Crippen molar-refractivity contribution in [3.8, 4) is 0 Å². The number of hydrogen-bond donors (Lipinski definition) is 2. The molecule has 0 bridgehead atoms. The van der Waals surface area contributed by atoms with E-state index in [0.717, 1.165) is 18.9 Å². The van der Waals surface area contributed by atoms with Gasteiger partial charge in [0, 0.05) is 32.6 Å². The van der Waals surface area contributed by atoms with Crippen LogP contribution in [0.2, 0.25) is 0 Å². The predicted molar refractivity (Wildman–Crippen MR) is 87.9 cm³/mol. The fourth-order valence-corrected chi connectivity index (χ4v) is 3.23. The molecule has 1 aromatic carbocycles. The Hall–Kier alpha value is -2.20. The number of benzene rings is 1. The summed E-state index contributed by atoms with van der Waals surface area (Å²) in [6.45, 7) is 3.40. The first-order valence-electron chi connectivity index (χ1n) is 7.49. The van der Waals surface area contributed by atoms with Gasteiger partial charge in [-0.25, -0.2) is 13.6 Å². The third-order valence-electron chi connectivity index (χ3n) is 4.14. The summed E-state index contributed by atoms with van der Waals surface area (Å²) in [5, 5.41) is 19.2. The topological polar surface area (TPSA) is 136 Å². The predicted octanol–water partition coefficient (Wildman–Crippen LogP) is 0.913.